The van der Waals surface area contributed by atoms with Gasteiger partial charge in [0.05, 0.1) is 6.54 Å². The molecule has 0 aliphatic carbocycles. The molecule has 1 fully saturated rings. The minimum absolute atomic E-state index is 0.0114. The SMILES string of the molecule is CC1CN(C)CCC1NC(=O)c1sccc1C#CCN. The zero-order chi connectivity index (χ0) is 14.5. The highest BCUT2D eigenvalue weighted by Gasteiger charge is 2.26. The molecule has 0 bridgehead atoms. The van der Waals surface area contributed by atoms with E-state index in [2.05, 4.69) is 36.0 Å². The van der Waals surface area contributed by atoms with Gasteiger partial charge in [0.25, 0.3) is 5.91 Å². The zero-order valence-corrected chi connectivity index (χ0v) is 12.8. The fraction of sp³-hybridized carbons (Fsp3) is 0.533. The summed E-state index contributed by atoms with van der Waals surface area (Å²) in [7, 11) is 2.12. The van der Waals surface area contributed by atoms with E-state index < -0.39 is 0 Å². The van der Waals surface area contributed by atoms with Crippen molar-refractivity contribution in [3.8, 4) is 11.8 Å². The first-order valence-corrected chi connectivity index (χ1v) is 7.75. The molecule has 0 saturated carbocycles. The molecule has 4 nitrogen and oxygen atoms in total. The van der Waals surface area contributed by atoms with Crippen molar-refractivity contribution in [3.05, 3.63) is 21.9 Å². The van der Waals surface area contributed by atoms with Crippen molar-refractivity contribution in [3.63, 3.8) is 0 Å². The van der Waals surface area contributed by atoms with Crippen molar-refractivity contribution in [2.45, 2.75) is 19.4 Å². The average molecular weight is 291 g/mol. The number of hydrogen-bond acceptors (Lipinski definition) is 4. The lowest BCUT2D eigenvalue weighted by Gasteiger charge is -2.35. The van der Waals surface area contributed by atoms with Crippen LogP contribution in [0.5, 0.6) is 0 Å². The minimum Gasteiger partial charge on any atom is -0.348 e. The van der Waals surface area contributed by atoms with Gasteiger partial charge in [-0.25, -0.2) is 0 Å². The second kappa shape index (κ2) is 6.89. The molecule has 2 atom stereocenters. The molecule has 1 saturated heterocycles. The Morgan fingerprint density at radius 3 is 3.15 bits per heavy atom. The summed E-state index contributed by atoms with van der Waals surface area (Å²) < 4.78 is 0. The van der Waals surface area contributed by atoms with Gasteiger partial charge in [-0.1, -0.05) is 18.8 Å². The van der Waals surface area contributed by atoms with Crippen LogP contribution in [0.25, 0.3) is 0 Å². The Morgan fingerprint density at radius 2 is 2.45 bits per heavy atom. The van der Waals surface area contributed by atoms with Gasteiger partial charge >= 0.3 is 0 Å². The topological polar surface area (TPSA) is 58.4 Å². The fourth-order valence-electron chi connectivity index (χ4n) is 2.53. The number of carbonyl (C=O) groups is 1. The van der Waals surface area contributed by atoms with Crippen molar-refractivity contribution in [1.82, 2.24) is 10.2 Å². The number of likely N-dealkylation sites (tertiary alicyclic amines) is 1. The number of thiophene rings is 1. The van der Waals surface area contributed by atoms with Crippen molar-refractivity contribution >= 4 is 17.2 Å². The Hall–Kier alpha value is -1.35. The van der Waals surface area contributed by atoms with Crippen LogP contribution in [0.2, 0.25) is 0 Å². The number of nitrogens with two attached hydrogens (primary N) is 1. The van der Waals surface area contributed by atoms with Crippen LogP contribution in [0, 0.1) is 17.8 Å². The van der Waals surface area contributed by atoms with Gasteiger partial charge in [0.1, 0.15) is 4.88 Å². The van der Waals surface area contributed by atoms with E-state index in [-0.39, 0.29) is 11.9 Å². The van der Waals surface area contributed by atoms with E-state index >= 15 is 0 Å². The lowest BCUT2D eigenvalue weighted by molar-refractivity contribution is 0.0888. The van der Waals surface area contributed by atoms with Crippen molar-refractivity contribution in [2.24, 2.45) is 11.7 Å². The van der Waals surface area contributed by atoms with Crippen molar-refractivity contribution < 1.29 is 4.79 Å². The molecule has 20 heavy (non-hydrogen) atoms. The number of amides is 1. The number of nitrogens with one attached hydrogen (secondary N) is 1. The number of rotatable bonds is 2. The molecule has 0 spiro atoms. The van der Waals surface area contributed by atoms with E-state index in [0.717, 1.165) is 25.1 Å². The van der Waals surface area contributed by atoms with Crippen LogP contribution >= 0.6 is 11.3 Å². The highest BCUT2D eigenvalue weighted by atomic mass is 32.1. The quantitative estimate of drug-likeness (QED) is 0.803. The molecule has 108 valence electrons. The number of carbonyl (C=O) groups excluding carboxylic acids is 1. The van der Waals surface area contributed by atoms with E-state index in [9.17, 15) is 4.79 Å². The Bertz CT molecular complexity index is 529. The molecule has 0 aromatic carbocycles. The second-order valence-electron chi connectivity index (χ2n) is 5.28. The second-order valence-corrected chi connectivity index (χ2v) is 6.19. The maximum Gasteiger partial charge on any atom is 0.262 e. The lowest BCUT2D eigenvalue weighted by Crippen LogP contribution is -2.48. The monoisotopic (exact) mass is 291 g/mol. The van der Waals surface area contributed by atoms with Gasteiger partial charge in [-0.2, -0.15) is 0 Å². The Labute approximate surface area is 124 Å². The molecule has 2 unspecified atom stereocenters. The molecule has 1 aliphatic rings. The molecule has 5 heteroatoms. The van der Waals surface area contributed by atoms with E-state index in [0.29, 0.717) is 17.3 Å². The third kappa shape index (κ3) is 3.60. The molecule has 2 heterocycles. The lowest BCUT2D eigenvalue weighted by atomic mass is 9.94. The third-order valence-corrected chi connectivity index (χ3v) is 4.53. The van der Waals surface area contributed by atoms with Gasteiger partial charge in [-0.15, -0.1) is 11.3 Å². The van der Waals surface area contributed by atoms with Crippen molar-refractivity contribution in [2.75, 3.05) is 26.7 Å². The molecule has 1 amide bonds. The third-order valence-electron chi connectivity index (χ3n) is 3.62. The first-order chi connectivity index (χ1) is 9.61. The number of nitrogens with zero attached hydrogens (tertiary/aromatic N) is 1. The predicted molar refractivity (Wildman–Crippen MR) is 82.8 cm³/mol. The smallest absolute Gasteiger partial charge is 0.262 e. The average Bonchev–Trinajstić information content (AvgIpc) is 2.88. The first-order valence-electron chi connectivity index (χ1n) is 6.87. The van der Waals surface area contributed by atoms with E-state index in [1.54, 1.807) is 0 Å². The molecule has 3 N–H and O–H groups in total. The van der Waals surface area contributed by atoms with Gasteiger partial charge in [0.15, 0.2) is 0 Å². The van der Waals surface area contributed by atoms with E-state index in [4.69, 9.17) is 5.73 Å². The van der Waals surface area contributed by atoms with Gasteiger partial charge < -0.3 is 16.0 Å². The summed E-state index contributed by atoms with van der Waals surface area (Å²) in [4.78, 5) is 15.4. The molecule has 1 aromatic rings. The Morgan fingerprint density at radius 1 is 1.65 bits per heavy atom. The molecule has 0 radical (unpaired) electrons. The molecule has 1 aliphatic heterocycles. The fourth-order valence-corrected chi connectivity index (χ4v) is 3.28. The summed E-state index contributed by atoms with van der Waals surface area (Å²) in [5.74, 6) is 6.21. The van der Waals surface area contributed by atoms with E-state index in [1.165, 1.54) is 11.3 Å². The normalized spacial score (nSPS) is 22.9. The van der Waals surface area contributed by atoms with Gasteiger partial charge in [-0.05, 0) is 37.4 Å². The number of piperidine rings is 1. The van der Waals surface area contributed by atoms with Crippen LogP contribution < -0.4 is 11.1 Å². The summed E-state index contributed by atoms with van der Waals surface area (Å²) in [6.07, 6.45) is 0.999. The van der Waals surface area contributed by atoms with Crippen LogP contribution in [-0.2, 0) is 0 Å². The Kier molecular flexibility index (Phi) is 5.18. The highest BCUT2D eigenvalue weighted by Crippen LogP contribution is 2.19. The predicted octanol–water partition coefficient (Wildman–Crippen LogP) is 1.13. The summed E-state index contributed by atoms with van der Waals surface area (Å²) in [6.45, 7) is 4.54. The highest BCUT2D eigenvalue weighted by molar-refractivity contribution is 7.12. The van der Waals surface area contributed by atoms with Crippen LogP contribution in [0.4, 0.5) is 0 Å². The summed E-state index contributed by atoms with van der Waals surface area (Å²) in [6, 6.07) is 2.12. The Balaban J connectivity index is 2.03. The van der Waals surface area contributed by atoms with Gasteiger partial charge in [-0.3, -0.25) is 4.79 Å². The maximum absolute atomic E-state index is 12.4. The summed E-state index contributed by atoms with van der Waals surface area (Å²) in [5.41, 5.74) is 6.15. The first kappa shape index (κ1) is 15.0. The van der Waals surface area contributed by atoms with Gasteiger partial charge in [0, 0.05) is 18.2 Å². The standard InChI is InChI=1S/C15H21N3OS/c1-11-10-18(2)8-5-13(11)17-15(19)14-12(4-3-7-16)6-9-20-14/h6,9,11,13H,5,7-8,10,16H2,1-2H3,(H,17,19). The van der Waals surface area contributed by atoms with Crippen molar-refractivity contribution in [1.29, 1.82) is 0 Å². The molecule has 1 aromatic heterocycles. The zero-order valence-electron chi connectivity index (χ0n) is 12.0. The van der Waals surface area contributed by atoms with Crippen LogP contribution in [0.1, 0.15) is 28.6 Å². The van der Waals surface area contributed by atoms with Crippen LogP contribution in [0.15, 0.2) is 11.4 Å². The van der Waals surface area contributed by atoms with Crippen LogP contribution in [-0.4, -0.2) is 43.5 Å². The molecular formula is C15H21N3OS. The molecular weight excluding hydrogens is 270 g/mol. The van der Waals surface area contributed by atoms with Gasteiger partial charge in [0.2, 0.25) is 0 Å². The number of hydrogen-bond donors (Lipinski definition) is 2. The minimum atomic E-state index is -0.0114. The molecule has 2 rings (SSSR count). The largest absolute Gasteiger partial charge is 0.348 e. The maximum atomic E-state index is 12.4. The summed E-state index contributed by atoms with van der Waals surface area (Å²) >= 11 is 1.43. The summed E-state index contributed by atoms with van der Waals surface area (Å²) in [5, 5.41) is 5.05. The van der Waals surface area contributed by atoms with E-state index in [1.807, 2.05) is 11.4 Å². The van der Waals surface area contributed by atoms with Crippen LogP contribution in [0.3, 0.4) is 0 Å².